The van der Waals surface area contributed by atoms with Gasteiger partial charge in [0.25, 0.3) is 0 Å². The summed E-state index contributed by atoms with van der Waals surface area (Å²) >= 11 is 0. The topological polar surface area (TPSA) is 54.5 Å². The summed E-state index contributed by atoms with van der Waals surface area (Å²) < 4.78 is 0. The molecule has 102 valence electrons. The Morgan fingerprint density at radius 1 is 1.47 bits per heavy atom. The Hall–Kier alpha value is -1.71. The first-order valence-corrected chi connectivity index (χ1v) is 6.75. The minimum absolute atomic E-state index is 0.335. The van der Waals surface area contributed by atoms with Gasteiger partial charge >= 0.3 is 0 Å². The van der Waals surface area contributed by atoms with Crippen LogP contribution in [0.2, 0.25) is 0 Å². The summed E-state index contributed by atoms with van der Waals surface area (Å²) in [6.07, 6.45) is 11.2. The SMILES string of the molecule is CC1=CCCC(C)(C)C1/C=C/C(C)=C\c1nn[nH]n1. The molecular formula is C15H22N4. The molecule has 19 heavy (non-hydrogen) atoms. The summed E-state index contributed by atoms with van der Waals surface area (Å²) in [5, 5.41) is 13.9. The van der Waals surface area contributed by atoms with Gasteiger partial charge in [-0.05, 0) is 49.0 Å². The zero-order valence-corrected chi connectivity index (χ0v) is 12.1. The van der Waals surface area contributed by atoms with Crippen LogP contribution in [0.1, 0.15) is 46.4 Å². The normalized spacial score (nSPS) is 23.7. The molecule has 1 heterocycles. The summed E-state index contributed by atoms with van der Waals surface area (Å²) in [6.45, 7) is 8.98. The van der Waals surface area contributed by atoms with Crippen molar-refractivity contribution in [2.75, 3.05) is 0 Å². The van der Waals surface area contributed by atoms with Gasteiger partial charge < -0.3 is 0 Å². The van der Waals surface area contributed by atoms with Gasteiger partial charge in [0.2, 0.25) is 0 Å². The number of nitrogens with zero attached hydrogens (tertiary/aromatic N) is 3. The Kier molecular flexibility index (Phi) is 3.98. The average molecular weight is 258 g/mol. The van der Waals surface area contributed by atoms with Gasteiger partial charge in [-0.2, -0.15) is 5.21 Å². The number of allylic oxidation sites excluding steroid dienone is 5. The molecule has 0 spiro atoms. The van der Waals surface area contributed by atoms with E-state index in [1.165, 1.54) is 18.4 Å². The lowest BCUT2D eigenvalue weighted by Crippen LogP contribution is -2.26. The van der Waals surface area contributed by atoms with E-state index in [0.717, 1.165) is 5.57 Å². The molecule has 4 nitrogen and oxygen atoms in total. The number of nitrogens with one attached hydrogen (secondary N) is 1. The smallest absolute Gasteiger partial charge is 0.177 e. The van der Waals surface area contributed by atoms with E-state index >= 15 is 0 Å². The van der Waals surface area contributed by atoms with Crippen molar-refractivity contribution < 1.29 is 0 Å². The van der Waals surface area contributed by atoms with E-state index in [1.54, 1.807) is 0 Å². The number of rotatable bonds is 3. The molecule has 1 unspecified atom stereocenters. The summed E-state index contributed by atoms with van der Waals surface area (Å²) in [6, 6.07) is 0. The molecule has 0 saturated carbocycles. The van der Waals surface area contributed by atoms with Crippen molar-refractivity contribution >= 4 is 6.08 Å². The third-order valence-corrected chi connectivity index (χ3v) is 3.86. The molecule has 1 aliphatic rings. The second kappa shape index (κ2) is 5.51. The van der Waals surface area contributed by atoms with E-state index in [2.05, 4.69) is 66.5 Å². The Morgan fingerprint density at radius 3 is 2.89 bits per heavy atom. The summed E-state index contributed by atoms with van der Waals surface area (Å²) in [4.78, 5) is 0. The second-order valence-corrected chi connectivity index (χ2v) is 5.97. The van der Waals surface area contributed by atoms with E-state index in [9.17, 15) is 0 Å². The molecule has 0 radical (unpaired) electrons. The number of aromatic nitrogens is 4. The molecule has 0 aliphatic heterocycles. The van der Waals surface area contributed by atoms with Gasteiger partial charge in [-0.15, -0.1) is 10.2 Å². The maximum atomic E-state index is 3.93. The maximum absolute atomic E-state index is 3.93. The van der Waals surface area contributed by atoms with Crippen molar-refractivity contribution in [1.29, 1.82) is 0 Å². The zero-order valence-electron chi connectivity index (χ0n) is 12.1. The van der Waals surface area contributed by atoms with Crippen LogP contribution in [0.5, 0.6) is 0 Å². The Labute approximate surface area is 114 Å². The molecule has 1 atom stereocenters. The van der Waals surface area contributed by atoms with Crippen LogP contribution in [0.4, 0.5) is 0 Å². The quantitative estimate of drug-likeness (QED) is 0.666. The van der Waals surface area contributed by atoms with Gasteiger partial charge in [0, 0.05) is 5.92 Å². The van der Waals surface area contributed by atoms with Gasteiger partial charge in [0.05, 0.1) is 0 Å². The highest BCUT2D eigenvalue weighted by Gasteiger charge is 2.30. The second-order valence-electron chi connectivity index (χ2n) is 5.97. The molecule has 0 fully saturated rings. The molecule has 0 saturated heterocycles. The average Bonchev–Trinajstić information content (AvgIpc) is 2.80. The van der Waals surface area contributed by atoms with Crippen LogP contribution in [0.15, 0.2) is 29.4 Å². The number of aromatic amines is 1. The van der Waals surface area contributed by atoms with Crippen LogP contribution in [0.25, 0.3) is 6.08 Å². The molecule has 1 aromatic heterocycles. The van der Waals surface area contributed by atoms with Crippen LogP contribution in [0, 0.1) is 11.3 Å². The maximum Gasteiger partial charge on any atom is 0.197 e. The largest absolute Gasteiger partial charge is 0.197 e. The predicted molar refractivity (Wildman–Crippen MR) is 77.2 cm³/mol. The lowest BCUT2D eigenvalue weighted by atomic mass is 9.68. The van der Waals surface area contributed by atoms with Crippen LogP contribution in [-0.2, 0) is 0 Å². The van der Waals surface area contributed by atoms with E-state index in [4.69, 9.17) is 0 Å². The molecule has 4 heteroatoms. The molecule has 1 N–H and O–H groups in total. The lowest BCUT2D eigenvalue weighted by molar-refractivity contribution is 0.255. The number of H-pyrrole nitrogens is 1. The molecular weight excluding hydrogens is 236 g/mol. The van der Waals surface area contributed by atoms with Crippen LogP contribution in [-0.4, -0.2) is 20.6 Å². The number of tetrazole rings is 1. The highest BCUT2D eigenvalue weighted by Crippen LogP contribution is 2.41. The fraction of sp³-hybridized carbons (Fsp3) is 0.533. The van der Waals surface area contributed by atoms with Gasteiger partial charge in [-0.1, -0.05) is 37.6 Å². The van der Waals surface area contributed by atoms with E-state index in [1.807, 2.05) is 6.08 Å². The van der Waals surface area contributed by atoms with Crippen molar-refractivity contribution in [3.63, 3.8) is 0 Å². The fourth-order valence-corrected chi connectivity index (χ4v) is 2.71. The van der Waals surface area contributed by atoms with E-state index < -0.39 is 0 Å². The van der Waals surface area contributed by atoms with Gasteiger partial charge in [-0.25, -0.2) is 0 Å². The summed E-state index contributed by atoms with van der Waals surface area (Å²) in [5.74, 6) is 1.13. The van der Waals surface area contributed by atoms with E-state index in [-0.39, 0.29) is 0 Å². The first-order chi connectivity index (χ1) is 8.99. The first-order valence-electron chi connectivity index (χ1n) is 6.75. The minimum Gasteiger partial charge on any atom is -0.177 e. The van der Waals surface area contributed by atoms with Crippen LogP contribution < -0.4 is 0 Å². The van der Waals surface area contributed by atoms with Gasteiger partial charge in [0.15, 0.2) is 5.82 Å². The van der Waals surface area contributed by atoms with Crippen molar-refractivity contribution in [2.24, 2.45) is 11.3 Å². The van der Waals surface area contributed by atoms with Crippen molar-refractivity contribution in [3.05, 3.63) is 35.2 Å². The molecule has 0 amide bonds. The van der Waals surface area contributed by atoms with E-state index in [0.29, 0.717) is 17.2 Å². The monoisotopic (exact) mass is 258 g/mol. The van der Waals surface area contributed by atoms with Gasteiger partial charge in [0.1, 0.15) is 0 Å². The Balaban J connectivity index is 2.13. The van der Waals surface area contributed by atoms with Crippen LogP contribution >= 0.6 is 0 Å². The highest BCUT2D eigenvalue weighted by molar-refractivity contribution is 5.47. The Bertz CT molecular complexity index is 506. The zero-order chi connectivity index (χ0) is 13.9. The van der Waals surface area contributed by atoms with Crippen molar-refractivity contribution in [3.8, 4) is 0 Å². The van der Waals surface area contributed by atoms with Crippen molar-refractivity contribution in [2.45, 2.75) is 40.5 Å². The highest BCUT2D eigenvalue weighted by atomic mass is 15.5. The molecule has 1 aliphatic carbocycles. The first kappa shape index (κ1) is 13.7. The third-order valence-electron chi connectivity index (χ3n) is 3.86. The van der Waals surface area contributed by atoms with Gasteiger partial charge in [-0.3, -0.25) is 0 Å². The minimum atomic E-state index is 0.335. The summed E-state index contributed by atoms with van der Waals surface area (Å²) in [5.41, 5.74) is 2.94. The Morgan fingerprint density at radius 2 is 2.26 bits per heavy atom. The number of hydrogen-bond donors (Lipinski definition) is 1. The number of hydrogen-bond acceptors (Lipinski definition) is 3. The van der Waals surface area contributed by atoms with Crippen molar-refractivity contribution in [1.82, 2.24) is 20.6 Å². The summed E-state index contributed by atoms with van der Waals surface area (Å²) in [7, 11) is 0. The predicted octanol–water partition coefficient (Wildman–Crippen LogP) is 3.54. The molecule has 1 aromatic rings. The third kappa shape index (κ3) is 3.40. The molecule has 0 aromatic carbocycles. The standard InChI is InChI=1S/C15H22N4/c1-11(10-14-16-18-19-17-14)7-8-13-12(2)6-5-9-15(13,3)4/h6-8,10,13H,5,9H2,1-4H3,(H,16,17,18,19)/b8-7+,11-10-. The molecule has 2 rings (SSSR count). The fourth-order valence-electron chi connectivity index (χ4n) is 2.71. The van der Waals surface area contributed by atoms with Crippen LogP contribution in [0.3, 0.4) is 0 Å². The molecule has 0 bridgehead atoms. The lowest BCUT2D eigenvalue weighted by Gasteiger charge is -2.36.